The molecular formula is C16H15F3N4OS. The van der Waals surface area contributed by atoms with Crippen LogP contribution in [0.1, 0.15) is 21.7 Å². The van der Waals surface area contributed by atoms with Gasteiger partial charge in [-0.1, -0.05) is 18.2 Å². The molecule has 5 nitrogen and oxygen atoms in total. The number of nitrogens with zero attached hydrogens (tertiary/aromatic N) is 2. The molecule has 132 valence electrons. The van der Waals surface area contributed by atoms with Crippen LogP contribution in [0.15, 0.2) is 29.3 Å². The summed E-state index contributed by atoms with van der Waals surface area (Å²) in [5.41, 5.74) is 0.548. The van der Waals surface area contributed by atoms with Crippen LogP contribution in [0.5, 0.6) is 0 Å². The zero-order chi connectivity index (χ0) is 18.0. The van der Waals surface area contributed by atoms with Crippen LogP contribution < -0.4 is 10.6 Å². The highest BCUT2D eigenvalue weighted by Gasteiger charge is 2.30. The van der Waals surface area contributed by atoms with Crippen molar-refractivity contribution in [1.82, 2.24) is 10.3 Å². The molecule has 2 aromatic rings. The lowest BCUT2D eigenvalue weighted by Crippen LogP contribution is -2.32. The molecule has 0 unspecified atom stereocenters. The number of thiazole rings is 1. The monoisotopic (exact) mass is 368 g/mol. The number of amidine groups is 1. The predicted octanol–water partition coefficient (Wildman–Crippen LogP) is 3.00. The Morgan fingerprint density at radius 3 is 2.88 bits per heavy atom. The quantitative estimate of drug-likeness (QED) is 0.872. The molecule has 1 amide bonds. The molecule has 0 radical (unpaired) electrons. The average Bonchev–Trinajstić information content (AvgIpc) is 3.18. The van der Waals surface area contributed by atoms with E-state index in [0.717, 1.165) is 17.0 Å². The molecule has 25 heavy (non-hydrogen) atoms. The molecule has 9 heteroatoms. The number of hydrogen-bond donors (Lipinski definition) is 2. The number of benzene rings is 1. The van der Waals surface area contributed by atoms with E-state index in [4.69, 9.17) is 0 Å². The van der Waals surface area contributed by atoms with E-state index in [-0.39, 0.29) is 11.7 Å². The molecule has 0 saturated carbocycles. The van der Waals surface area contributed by atoms with E-state index in [2.05, 4.69) is 20.6 Å². The van der Waals surface area contributed by atoms with Crippen LogP contribution in [0.4, 0.5) is 18.3 Å². The lowest BCUT2D eigenvalue weighted by atomic mass is 10.1. The van der Waals surface area contributed by atoms with Crippen molar-refractivity contribution in [3.05, 3.63) is 46.0 Å². The molecule has 0 bridgehead atoms. The maximum absolute atomic E-state index is 12.8. The minimum absolute atomic E-state index is 0.271. The van der Waals surface area contributed by atoms with Crippen molar-refractivity contribution in [3.8, 4) is 0 Å². The van der Waals surface area contributed by atoms with E-state index in [1.807, 2.05) is 0 Å². The number of amides is 1. The summed E-state index contributed by atoms with van der Waals surface area (Å²) in [6.45, 7) is 2.95. The zero-order valence-electron chi connectivity index (χ0n) is 13.3. The Balaban J connectivity index is 1.74. The van der Waals surface area contributed by atoms with Gasteiger partial charge >= 0.3 is 6.18 Å². The van der Waals surface area contributed by atoms with Crippen LogP contribution in [0.25, 0.3) is 0 Å². The molecule has 2 heterocycles. The molecule has 1 aromatic heterocycles. The zero-order valence-corrected chi connectivity index (χ0v) is 14.1. The van der Waals surface area contributed by atoms with E-state index in [1.165, 1.54) is 17.4 Å². The van der Waals surface area contributed by atoms with Gasteiger partial charge in [-0.25, -0.2) is 4.98 Å². The first-order chi connectivity index (χ1) is 11.8. The van der Waals surface area contributed by atoms with Crippen LogP contribution in [0.2, 0.25) is 0 Å². The summed E-state index contributed by atoms with van der Waals surface area (Å²) in [6.07, 6.45) is -4.05. The first-order valence-corrected chi connectivity index (χ1v) is 8.36. The summed E-state index contributed by atoms with van der Waals surface area (Å²) in [5, 5.41) is 5.93. The Hall–Kier alpha value is -2.42. The van der Waals surface area contributed by atoms with E-state index < -0.39 is 11.7 Å². The van der Waals surface area contributed by atoms with Gasteiger partial charge in [0, 0.05) is 17.8 Å². The molecule has 0 aliphatic carbocycles. The number of anilines is 1. The fourth-order valence-corrected chi connectivity index (χ4v) is 3.39. The molecule has 1 aliphatic rings. The van der Waals surface area contributed by atoms with E-state index in [0.29, 0.717) is 35.9 Å². The number of carbonyl (C=O) groups excluding carboxylic acids is 1. The van der Waals surface area contributed by atoms with Crippen molar-refractivity contribution in [2.45, 2.75) is 19.5 Å². The second kappa shape index (κ2) is 6.83. The molecule has 0 atom stereocenters. The van der Waals surface area contributed by atoms with Gasteiger partial charge in [0.1, 0.15) is 0 Å². The highest BCUT2D eigenvalue weighted by Crippen LogP contribution is 2.31. The third kappa shape index (κ3) is 4.16. The molecule has 3 rings (SSSR count). The molecular weight excluding hydrogens is 353 g/mol. The van der Waals surface area contributed by atoms with Gasteiger partial charge in [-0.3, -0.25) is 15.1 Å². The maximum atomic E-state index is 12.8. The average molecular weight is 368 g/mol. The van der Waals surface area contributed by atoms with Crippen LogP contribution in [-0.2, 0) is 17.4 Å². The first-order valence-electron chi connectivity index (χ1n) is 7.55. The Labute approximate surface area is 146 Å². The molecule has 1 aromatic carbocycles. The van der Waals surface area contributed by atoms with Crippen molar-refractivity contribution < 1.29 is 18.0 Å². The molecule has 0 spiro atoms. The van der Waals surface area contributed by atoms with E-state index in [9.17, 15) is 18.0 Å². The topological polar surface area (TPSA) is 66.4 Å². The van der Waals surface area contributed by atoms with Gasteiger partial charge in [-0.05, 0) is 18.6 Å². The molecule has 2 N–H and O–H groups in total. The normalized spacial score (nSPS) is 14.2. The number of alkyl halides is 3. The minimum Gasteiger partial charge on any atom is -0.364 e. The fourth-order valence-electron chi connectivity index (χ4n) is 2.39. The summed E-state index contributed by atoms with van der Waals surface area (Å²) in [4.78, 5) is 21.1. The van der Waals surface area contributed by atoms with Crippen molar-refractivity contribution in [2.24, 2.45) is 4.99 Å². The summed E-state index contributed by atoms with van der Waals surface area (Å²) >= 11 is 1.25. The smallest absolute Gasteiger partial charge is 0.364 e. The second-order valence-electron chi connectivity index (χ2n) is 5.51. The molecule has 0 saturated heterocycles. The third-order valence-electron chi connectivity index (χ3n) is 3.62. The number of aliphatic imine (C=N–C) groups is 1. The van der Waals surface area contributed by atoms with Crippen LogP contribution >= 0.6 is 11.3 Å². The summed E-state index contributed by atoms with van der Waals surface area (Å²) < 4.78 is 38.4. The van der Waals surface area contributed by atoms with Crippen LogP contribution in [0.3, 0.4) is 0 Å². The van der Waals surface area contributed by atoms with Gasteiger partial charge in [0.2, 0.25) is 0 Å². The largest absolute Gasteiger partial charge is 0.416 e. The lowest BCUT2D eigenvalue weighted by Gasteiger charge is -2.08. The SMILES string of the molecule is Cc1nc(NC(=O)C2=NCCN2)sc1Cc1cccc(C(F)(F)F)c1. The number of aromatic nitrogens is 1. The van der Waals surface area contributed by atoms with E-state index in [1.54, 1.807) is 13.0 Å². The number of nitrogens with one attached hydrogen (secondary N) is 2. The number of hydrogen-bond acceptors (Lipinski definition) is 5. The number of halogens is 3. The molecule has 1 aliphatic heterocycles. The number of rotatable bonds is 4. The summed E-state index contributed by atoms with van der Waals surface area (Å²) in [5.74, 6) is -0.0934. The highest BCUT2D eigenvalue weighted by atomic mass is 32.1. The van der Waals surface area contributed by atoms with Gasteiger partial charge < -0.3 is 5.32 Å². The van der Waals surface area contributed by atoms with Crippen LogP contribution in [-0.4, -0.2) is 29.8 Å². The third-order valence-corrected chi connectivity index (χ3v) is 4.69. The van der Waals surface area contributed by atoms with Gasteiger partial charge in [0.15, 0.2) is 11.0 Å². The Bertz CT molecular complexity index is 829. The van der Waals surface area contributed by atoms with Gasteiger partial charge in [-0.15, -0.1) is 11.3 Å². The van der Waals surface area contributed by atoms with E-state index >= 15 is 0 Å². The minimum atomic E-state index is -4.37. The second-order valence-corrected chi connectivity index (χ2v) is 6.60. The standard InChI is InChI=1S/C16H15F3N4OS/c1-9-12(8-10-3-2-4-11(7-10)16(17,18)19)25-15(22-9)23-14(24)13-20-5-6-21-13/h2-4,7H,5-6,8H2,1H3,(H,20,21)(H,22,23,24). The van der Waals surface area contributed by atoms with Crippen LogP contribution in [0, 0.1) is 6.92 Å². The number of aryl methyl sites for hydroxylation is 1. The summed E-state index contributed by atoms with van der Waals surface area (Å²) in [7, 11) is 0. The first kappa shape index (κ1) is 17.4. The maximum Gasteiger partial charge on any atom is 0.416 e. The lowest BCUT2D eigenvalue weighted by molar-refractivity contribution is -0.137. The fraction of sp³-hybridized carbons (Fsp3) is 0.312. The highest BCUT2D eigenvalue weighted by molar-refractivity contribution is 7.16. The van der Waals surface area contributed by atoms with Gasteiger partial charge in [0.05, 0.1) is 17.8 Å². The van der Waals surface area contributed by atoms with Gasteiger partial charge in [-0.2, -0.15) is 13.2 Å². The molecule has 0 fully saturated rings. The number of carbonyl (C=O) groups is 1. The van der Waals surface area contributed by atoms with Crippen molar-refractivity contribution >= 4 is 28.2 Å². The summed E-state index contributed by atoms with van der Waals surface area (Å²) in [6, 6.07) is 5.21. The van der Waals surface area contributed by atoms with Crippen molar-refractivity contribution in [2.75, 3.05) is 18.4 Å². The predicted molar refractivity (Wildman–Crippen MR) is 90.0 cm³/mol. The Morgan fingerprint density at radius 2 is 2.20 bits per heavy atom. The van der Waals surface area contributed by atoms with Crippen molar-refractivity contribution in [3.63, 3.8) is 0 Å². The Morgan fingerprint density at radius 1 is 1.40 bits per heavy atom. The van der Waals surface area contributed by atoms with Crippen molar-refractivity contribution in [1.29, 1.82) is 0 Å². The van der Waals surface area contributed by atoms with Gasteiger partial charge in [0.25, 0.3) is 5.91 Å². The Kier molecular flexibility index (Phi) is 4.76.